The summed E-state index contributed by atoms with van der Waals surface area (Å²) in [7, 11) is 0. The van der Waals surface area contributed by atoms with Gasteiger partial charge in [-0.2, -0.15) is 0 Å². The quantitative estimate of drug-likeness (QED) is 0.784. The maximum absolute atomic E-state index is 11.7. The van der Waals surface area contributed by atoms with Crippen LogP contribution in [0.2, 0.25) is 5.02 Å². The second-order valence-electron chi connectivity index (χ2n) is 4.55. The number of anilines is 2. The summed E-state index contributed by atoms with van der Waals surface area (Å²) < 4.78 is 0. The van der Waals surface area contributed by atoms with Gasteiger partial charge in [0.25, 0.3) is 0 Å². The van der Waals surface area contributed by atoms with Gasteiger partial charge in [0.1, 0.15) is 0 Å². The Morgan fingerprint density at radius 2 is 1.89 bits per heavy atom. The molecule has 5 nitrogen and oxygen atoms in total. The molecule has 0 bridgehead atoms. The number of rotatable bonds is 3. The number of halogens is 1. The summed E-state index contributed by atoms with van der Waals surface area (Å²) in [6.45, 7) is 4.61. The molecule has 0 atom stereocenters. The molecule has 1 rings (SSSR count). The molecule has 1 aromatic carbocycles. The Kier molecular flexibility index (Phi) is 4.32. The Hall–Kier alpha value is -1.59. The van der Waals surface area contributed by atoms with E-state index in [1.165, 1.54) is 6.92 Å². The van der Waals surface area contributed by atoms with Crippen LogP contribution in [0.15, 0.2) is 18.2 Å². The fourth-order valence-corrected chi connectivity index (χ4v) is 1.40. The average Bonchev–Trinajstić information content (AvgIpc) is 2.20. The van der Waals surface area contributed by atoms with E-state index in [-0.39, 0.29) is 11.8 Å². The third-order valence-corrected chi connectivity index (χ3v) is 2.44. The first-order valence-electron chi connectivity index (χ1n) is 5.37. The molecule has 0 aliphatic heterocycles. The largest absolute Gasteiger partial charge is 0.325 e. The Labute approximate surface area is 111 Å². The van der Waals surface area contributed by atoms with Crippen LogP contribution in [0.5, 0.6) is 0 Å². The molecule has 4 N–H and O–H groups in total. The highest BCUT2D eigenvalue weighted by molar-refractivity contribution is 6.34. The summed E-state index contributed by atoms with van der Waals surface area (Å²) in [6, 6.07) is 4.81. The van der Waals surface area contributed by atoms with Crippen molar-refractivity contribution in [3.63, 3.8) is 0 Å². The highest BCUT2D eigenvalue weighted by Gasteiger charge is 2.21. The van der Waals surface area contributed by atoms with E-state index in [0.717, 1.165) is 0 Å². The number of carbonyl (C=O) groups excluding carboxylic acids is 2. The number of nitrogens with one attached hydrogen (secondary N) is 2. The van der Waals surface area contributed by atoms with Crippen molar-refractivity contribution in [1.82, 2.24) is 0 Å². The van der Waals surface area contributed by atoms with Crippen molar-refractivity contribution < 1.29 is 9.59 Å². The molecular formula is C12H16ClN3O2. The zero-order chi connectivity index (χ0) is 13.9. The van der Waals surface area contributed by atoms with Gasteiger partial charge < -0.3 is 16.4 Å². The van der Waals surface area contributed by atoms with Crippen LogP contribution < -0.4 is 16.4 Å². The number of benzene rings is 1. The summed E-state index contributed by atoms with van der Waals surface area (Å²) in [5.74, 6) is -0.525. The molecule has 0 spiro atoms. The van der Waals surface area contributed by atoms with E-state index in [4.69, 9.17) is 17.3 Å². The third kappa shape index (κ3) is 4.01. The average molecular weight is 270 g/mol. The monoisotopic (exact) mass is 269 g/mol. The first-order chi connectivity index (χ1) is 8.20. The molecule has 1 aromatic rings. The Morgan fingerprint density at radius 3 is 2.33 bits per heavy atom. The molecular weight excluding hydrogens is 254 g/mol. The van der Waals surface area contributed by atoms with Crippen LogP contribution in [0, 0.1) is 0 Å². The van der Waals surface area contributed by atoms with Gasteiger partial charge in [-0.25, -0.2) is 0 Å². The van der Waals surface area contributed by atoms with Gasteiger partial charge in [0.15, 0.2) is 0 Å². The van der Waals surface area contributed by atoms with Crippen LogP contribution >= 0.6 is 11.6 Å². The van der Waals surface area contributed by atoms with Gasteiger partial charge in [-0.3, -0.25) is 9.59 Å². The van der Waals surface area contributed by atoms with Gasteiger partial charge in [-0.05, 0) is 32.0 Å². The van der Waals surface area contributed by atoms with Crippen molar-refractivity contribution >= 4 is 34.8 Å². The molecule has 0 unspecified atom stereocenters. The molecule has 0 aromatic heterocycles. The second kappa shape index (κ2) is 5.37. The Morgan fingerprint density at radius 1 is 1.28 bits per heavy atom. The smallest absolute Gasteiger partial charge is 0.243 e. The molecule has 0 aliphatic rings. The topological polar surface area (TPSA) is 84.2 Å². The van der Waals surface area contributed by atoms with E-state index in [9.17, 15) is 9.59 Å². The molecule has 98 valence electrons. The van der Waals surface area contributed by atoms with Crippen LogP contribution in [-0.2, 0) is 9.59 Å². The van der Waals surface area contributed by atoms with Gasteiger partial charge in [-0.1, -0.05) is 11.6 Å². The minimum absolute atomic E-state index is 0.211. The number of hydrogen-bond acceptors (Lipinski definition) is 3. The predicted molar refractivity (Wildman–Crippen MR) is 72.7 cm³/mol. The van der Waals surface area contributed by atoms with Crippen LogP contribution in [0.25, 0.3) is 0 Å². The molecule has 0 saturated carbocycles. The summed E-state index contributed by atoms with van der Waals surface area (Å²) in [5.41, 5.74) is 5.71. The van der Waals surface area contributed by atoms with Crippen molar-refractivity contribution in [2.24, 2.45) is 5.73 Å². The first kappa shape index (κ1) is 14.5. The summed E-state index contributed by atoms with van der Waals surface area (Å²) >= 11 is 5.97. The predicted octanol–water partition coefficient (Wildman–Crippen LogP) is 1.97. The van der Waals surface area contributed by atoms with Crippen LogP contribution in [0.3, 0.4) is 0 Å². The van der Waals surface area contributed by atoms with E-state index < -0.39 is 5.54 Å². The number of nitrogens with two attached hydrogens (primary N) is 1. The lowest BCUT2D eigenvalue weighted by molar-refractivity contribution is -0.120. The molecule has 0 aliphatic carbocycles. The van der Waals surface area contributed by atoms with Gasteiger partial charge in [0, 0.05) is 12.6 Å². The lowest BCUT2D eigenvalue weighted by atomic mass is 10.1. The lowest BCUT2D eigenvalue weighted by Gasteiger charge is -2.18. The number of amides is 2. The maximum Gasteiger partial charge on any atom is 0.243 e. The summed E-state index contributed by atoms with van der Waals surface area (Å²) in [5, 5.41) is 5.56. The molecule has 0 radical (unpaired) electrons. The first-order valence-corrected chi connectivity index (χ1v) is 5.75. The van der Waals surface area contributed by atoms with Crippen LogP contribution in [0.1, 0.15) is 20.8 Å². The normalized spacial score (nSPS) is 10.9. The van der Waals surface area contributed by atoms with Gasteiger partial charge >= 0.3 is 0 Å². The van der Waals surface area contributed by atoms with E-state index >= 15 is 0 Å². The molecule has 0 fully saturated rings. The highest BCUT2D eigenvalue weighted by Crippen LogP contribution is 2.25. The zero-order valence-corrected chi connectivity index (χ0v) is 11.3. The Bertz CT molecular complexity index is 481. The lowest BCUT2D eigenvalue weighted by Crippen LogP contribution is -2.45. The minimum atomic E-state index is -0.969. The van der Waals surface area contributed by atoms with Gasteiger partial charge in [0.05, 0.1) is 16.2 Å². The number of carbonyl (C=O) groups is 2. The van der Waals surface area contributed by atoms with Crippen LogP contribution in [-0.4, -0.2) is 17.4 Å². The van der Waals surface area contributed by atoms with Crippen molar-refractivity contribution in [2.45, 2.75) is 26.3 Å². The maximum atomic E-state index is 11.7. The molecule has 0 saturated heterocycles. The molecule has 18 heavy (non-hydrogen) atoms. The standard InChI is InChI=1S/C12H16ClN3O2/c1-7(17)15-10-5-4-8(6-9(10)13)16-11(18)12(2,3)14/h4-6H,14H2,1-3H3,(H,15,17)(H,16,18). The van der Waals surface area contributed by atoms with E-state index in [2.05, 4.69) is 10.6 Å². The zero-order valence-electron chi connectivity index (χ0n) is 10.5. The fourth-order valence-electron chi connectivity index (χ4n) is 1.18. The second-order valence-corrected chi connectivity index (χ2v) is 4.96. The van der Waals surface area contributed by atoms with Crippen molar-refractivity contribution in [3.05, 3.63) is 23.2 Å². The summed E-state index contributed by atoms with van der Waals surface area (Å²) in [6.07, 6.45) is 0. The van der Waals surface area contributed by atoms with Gasteiger partial charge in [0.2, 0.25) is 11.8 Å². The van der Waals surface area contributed by atoms with E-state index in [1.54, 1.807) is 32.0 Å². The highest BCUT2D eigenvalue weighted by atomic mass is 35.5. The van der Waals surface area contributed by atoms with Gasteiger partial charge in [-0.15, -0.1) is 0 Å². The van der Waals surface area contributed by atoms with E-state index in [1.807, 2.05) is 0 Å². The summed E-state index contributed by atoms with van der Waals surface area (Å²) in [4.78, 5) is 22.6. The van der Waals surface area contributed by atoms with Crippen molar-refractivity contribution in [1.29, 1.82) is 0 Å². The molecule has 0 heterocycles. The minimum Gasteiger partial charge on any atom is -0.325 e. The van der Waals surface area contributed by atoms with Crippen molar-refractivity contribution in [2.75, 3.05) is 10.6 Å². The SMILES string of the molecule is CC(=O)Nc1ccc(NC(=O)C(C)(C)N)cc1Cl. The number of hydrogen-bond donors (Lipinski definition) is 3. The molecule has 2 amide bonds. The Balaban J connectivity index is 2.85. The molecule has 6 heteroatoms. The van der Waals surface area contributed by atoms with Crippen molar-refractivity contribution in [3.8, 4) is 0 Å². The van der Waals surface area contributed by atoms with E-state index in [0.29, 0.717) is 16.4 Å². The third-order valence-electron chi connectivity index (χ3n) is 2.12. The van der Waals surface area contributed by atoms with Crippen LogP contribution in [0.4, 0.5) is 11.4 Å². The fraction of sp³-hybridized carbons (Fsp3) is 0.333.